The Morgan fingerprint density at radius 2 is 1.83 bits per heavy atom. The number of carbonyl (C=O) groups excluding carboxylic acids is 1. The van der Waals surface area contributed by atoms with Gasteiger partial charge < -0.3 is 4.74 Å². The highest BCUT2D eigenvalue weighted by Crippen LogP contribution is 2.34. The lowest BCUT2D eigenvalue weighted by atomic mass is 10.2. The molecular weight excluding hydrogens is 455 g/mol. The first kappa shape index (κ1) is 21.8. The third-order valence-electron chi connectivity index (χ3n) is 4.06. The second-order valence-corrected chi connectivity index (χ2v) is 7.99. The zero-order chi connectivity index (χ0) is 21.0. The molecule has 0 spiro atoms. The molecule has 0 bridgehead atoms. The van der Waals surface area contributed by atoms with Crippen molar-refractivity contribution < 1.29 is 9.53 Å². The van der Waals surface area contributed by atoms with Gasteiger partial charge in [-0.2, -0.15) is 0 Å². The molecule has 3 rings (SSSR count). The molecular formula is C19H17Cl3N4O2S. The van der Waals surface area contributed by atoms with Crippen LogP contribution in [0.25, 0.3) is 0 Å². The Morgan fingerprint density at radius 1 is 1.10 bits per heavy atom. The highest BCUT2D eigenvalue weighted by molar-refractivity contribution is 7.98. The van der Waals surface area contributed by atoms with Gasteiger partial charge in [0.25, 0.3) is 5.91 Å². The standard InChI is InChI=1S/C19H17Cl3N4O2S/c1-3-26-18(23-17(27)15-13(21)8-9-14(22)16(15)28-2)24-25-19(26)29-10-11-6-4-5-7-12(11)20/h4-9H,3,10H2,1-2H3,(H,23,24,27). The van der Waals surface area contributed by atoms with E-state index in [9.17, 15) is 4.79 Å². The number of nitrogens with one attached hydrogen (secondary N) is 1. The minimum Gasteiger partial charge on any atom is -0.494 e. The molecule has 0 radical (unpaired) electrons. The van der Waals surface area contributed by atoms with E-state index in [2.05, 4.69) is 15.5 Å². The van der Waals surface area contributed by atoms with Crippen LogP contribution in [0, 0.1) is 0 Å². The van der Waals surface area contributed by atoms with Crippen LogP contribution in [-0.2, 0) is 12.3 Å². The van der Waals surface area contributed by atoms with E-state index in [-0.39, 0.29) is 21.4 Å². The van der Waals surface area contributed by atoms with Gasteiger partial charge in [-0.15, -0.1) is 10.2 Å². The summed E-state index contributed by atoms with van der Waals surface area (Å²) in [4.78, 5) is 12.8. The molecule has 3 aromatic rings. The average molecular weight is 472 g/mol. The van der Waals surface area contributed by atoms with Gasteiger partial charge in [0.15, 0.2) is 10.9 Å². The maximum Gasteiger partial charge on any atom is 0.263 e. The van der Waals surface area contributed by atoms with Crippen molar-refractivity contribution in [1.82, 2.24) is 14.8 Å². The van der Waals surface area contributed by atoms with Gasteiger partial charge in [0.2, 0.25) is 5.95 Å². The van der Waals surface area contributed by atoms with Crippen LogP contribution in [0.15, 0.2) is 41.6 Å². The van der Waals surface area contributed by atoms with E-state index >= 15 is 0 Å². The lowest BCUT2D eigenvalue weighted by Crippen LogP contribution is -2.17. The van der Waals surface area contributed by atoms with E-state index < -0.39 is 5.91 Å². The molecule has 1 N–H and O–H groups in total. The van der Waals surface area contributed by atoms with Gasteiger partial charge in [-0.25, -0.2) is 0 Å². The van der Waals surface area contributed by atoms with Crippen molar-refractivity contribution in [3.63, 3.8) is 0 Å². The molecule has 0 aliphatic heterocycles. The number of halogens is 3. The molecule has 29 heavy (non-hydrogen) atoms. The number of methoxy groups -OCH3 is 1. The van der Waals surface area contributed by atoms with Gasteiger partial charge in [-0.3, -0.25) is 14.7 Å². The van der Waals surface area contributed by atoms with Crippen molar-refractivity contribution in [2.75, 3.05) is 12.4 Å². The first-order chi connectivity index (χ1) is 14.0. The van der Waals surface area contributed by atoms with Gasteiger partial charge in [0, 0.05) is 17.3 Å². The Balaban J connectivity index is 1.82. The van der Waals surface area contributed by atoms with Crippen molar-refractivity contribution in [3.05, 3.63) is 62.6 Å². The molecule has 1 aromatic heterocycles. The van der Waals surface area contributed by atoms with Gasteiger partial charge in [0.1, 0.15) is 5.56 Å². The average Bonchev–Trinajstić information content (AvgIpc) is 3.10. The molecule has 0 aliphatic carbocycles. The maximum atomic E-state index is 12.8. The highest BCUT2D eigenvalue weighted by Gasteiger charge is 2.22. The quantitative estimate of drug-likeness (QED) is 0.440. The minimum absolute atomic E-state index is 0.137. The molecule has 6 nitrogen and oxygen atoms in total. The second kappa shape index (κ2) is 9.71. The normalized spacial score (nSPS) is 10.8. The van der Waals surface area contributed by atoms with Crippen LogP contribution in [0.4, 0.5) is 5.95 Å². The second-order valence-electron chi connectivity index (χ2n) is 5.82. The topological polar surface area (TPSA) is 69.0 Å². The van der Waals surface area contributed by atoms with Crippen LogP contribution in [0.1, 0.15) is 22.8 Å². The summed E-state index contributed by atoms with van der Waals surface area (Å²) in [5.74, 6) is 0.642. The summed E-state index contributed by atoms with van der Waals surface area (Å²) in [6, 6.07) is 10.7. The van der Waals surface area contributed by atoms with E-state index in [4.69, 9.17) is 39.5 Å². The molecule has 1 amide bonds. The van der Waals surface area contributed by atoms with Crippen LogP contribution in [0.3, 0.4) is 0 Å². The SMILES string of the molecule is CCn1c(NC(=O)c2c(Cl)ccc(Cl)c2OC)nnc1SCc1ccccc1Cl. The monoisotopic (exact) mass is 470 g/mol. The Kier molecular flexibility index (Phi) is 7.29. The van der Waals surface area contributed by atoms with Crippen LogP contribution in [0.5, 0.6) is 5.75 Å². The Bertz CT molecular complexity index is 1040. The van der Waals surface area contributed by atoms with E-state index in [1.807, 2.05) is 31.2 Å². The molecule has 0 fully saturated rings. The summed E-state index contributed by atoms with van der Waals surface area (Å²) in [5, 5.41) is 12.9. The third-order valence-corrected chi connectivity index (χ3v) is 6.06. The lowest BCUT2D eigenvalue weighted by Gasteiger charge is -2.13. The Morgan fingerprint density at radius 3 is 2.52 bits per heavy atom. The summed E-state index contributed by atoms with van der Waals surface area (Å²) in [5.41, 5.74) is 1.13. The highest BCUT2D eigenvalue weighted by atomic mass is 35.5. The van der Waals surface area contributed by atoms with Gasteiger partial charge in [-0.05, 0) is 30.7 Å². The summed E-state index contributed by atoms with van der Waals surface area (Å²) < 4.78 is 7.04. The molecule has 1 heterocycles. The fourth-order valence-corrected chi connectivity index (χ4v) is 4.40. The number of thioether (sulfide) groups is 1. The summed E-state index contributed by atoms with van der Waals surface area (Å²) >= 11 is 20.0. The zero-order valence-electron chi connectivity index (χ0n) is 15.6. The molecule has 0 saturated carbocycles. The Labute approximate surface area is 187 Å². The number of nitrogens with zero attached hydrogens (tertiary/aromatic N) is 3. The van der Waals surface area contributed by atoms with Crippen molar-refractivity contribution >= 4 is 58.4 Å². The number of rotatable bonds is 7. The zero-order valence-corrected chi connectivity index (χ0v) is 18.7. The Hall–Kier alpha value is -1.93. The molecule has 0 atom stereocenters. The van der Waals surface area contributed by atoms with E-state index in [0.29, 0.717) is 28.4 Å². The van der Waals surface area contributed by atoms with Crippen molar-refractivity contribution in [3.8, 4) is 5.75 Å². The van der Waals surface area contributed by atoms with E-state index in [1.54, 1.807) is 10.6 Å². The minimum atomic E-state index is -0.487. The number of hydrogen-bond acceptors (Lipinski definition) is 5. The van der Waals surface area contributed by atoms with Gasteiger partial charge >= 0.3 is 0 Å². The number of amides is 1. The first-order valence-electron chi connectivity index (χ1n) is 8.59. The van der Waals surface area contributed by atoms with Gasteiger partial charge in [0.05, 0.1) is 17.2 Å². The van der Waals surface area contributed by atoms with E-state index in [1.165, 1.54) is 24.9 Å². The molecule has 2 aromatic carbocycles. The first-order valence-corrected chi connectivity index (χ1v) is 10.7. The fourth-order valence-electron chi connectivity index (χ4n) is 2.64. The molecule has 152 valence electrons. The van der Waals surface area contributed by atoms with E-state index in [0.717, 1.165) is 5.56 Å². The number of benzene rings is 2. The van der Waals surface area contributed by atoms with Crippen LogP contribution in [0.2, 0.25) is 15.1 Å². The molecule has 0 aliphatic rings. The van der Waals surface area contributed by atoms with Crippen LogP contribution in [-0.4, -0.2) is 27.8 Å². The number of aromatic nitrogens is 3. The predicted molar refractivity (Wildman–Crippen MR) is 118 cm³/mol. The number of hydrogen-bond donors (Lipinski definition) is 1. The lowest BCUT2D eigenvalue weighted by molar-refractivity contribution is 0.102. The summed E-state index contributed by atoms with van der Waals surface area (Å²) in [6.45, 7) is 2.50. The molecule has 0 saturated heterocycles. The predicted octanol–water partition coefficient (Wildman–Crippen LogP) is 5.81. The summed E-state index contributed by atoms with van der Waals surface area (Å²) in [7, 11) is 1.42. The van der Waals surface area contributed by atoms with Crippen molar-refractivity contribution in [2.45, 2.75) is 24.4 Å². The van der Waals surface area contributed by atoms with Gasteiger partial charge in [-0.1, -0.05) is 64.8 Å². The summed E-state index contributed by atoms with van der Waals surface area (Å²) in [6.07, 6.45) is 0. The van der Waals surface area contributed by atoms with Crippen LogP contribution < -0.4 is 10.1 Å². The largest absolute Gasteiger partial charge is 0.494 e. The number of ether oxygens (including phenoxy) is 1. The smallest absolute Gasteiger partial charge is 0.263 e. The molecule has 10 heteroatoms. The molecule has 0 unspecified atom stereocenters. The number of anilines is 1. The third kappa shape index (κ3) is 4.80. The van der Waals surface area contributed by atoms with Crippen molar-refractivity contribution in [2.24, 2.45) is 0 Å². The number of carbonyl (C=O) groups is 1. The van der Waals surface area contributed by atoms with Crippen molar-refractivity contribution in [1.29, 1.82) is 0 Å². The van der Waals surface area contributed by atoms with Crippen LogP contribution >= 0.6 is 46.6 Å². The fraction of sp³-hybridized carbons (Fsp3) is 0.211. The maximum absolute atomic E-state index is 12.8.